The maximum Gasteiger partial charge on any atom is 0.250 e. The minimum Gasteiger partial charge on any atom is -0.370 e. The fraction of sp³-hybridized carbons (Fsp3) is 0.125. The summed E-state index contributed by atoms with van der Waals surface area (Å²) in [5.41, 5.74) is 12.5. The third-order valence-corrected chi connectivity index (χ3v) is 2.94. The number of rotatable bonds is 5. The molecule has 5 nitrogen and oxygen atoms in total. The van der Waals surface area contributed by atoms with Crippen LogP contribution < -0.4 is 16.4 Å². The molecule has 0 unspecified atom stereocenters. The molecule has 0 aromatic heterocycles. The first-order valence-corrected chi connectivity index (χ1v) is 6.67. The number of amides is 1. The zero-order chi connectivity index (χ0) is 15.1. The molecule has 2 aromatic carbocycles. The van der Waals surface area contributed by atoms with Gasteiger partial charge in [0, 0.05) is 24.3 Å². The second-order valence-electron chi connectivity index (χ2n) is 4.50. The molecule has 2 rings (SSSR count). The van der Waals surface area contributed by atoms with Crippen molar-refractivity contribution in [1.29, 1.82) is 0 Å². The Bertz CT molecular complexity index is 567. The van der Waals surface area contributed by atoms with E-state index in [1.807, 2.05) is 60.7 Å². The molecule has 0 spiro atoms. The SMILES string of the molecule is NC(N)=NC(=O)CCN(c1ccccc1)c1ccccc1. The number of hydrogen-bond acceptors (Lipinski definition) is 2. The van der Waals surface area contributed by atoms with E-state index < -0.39 is 0 Å². The van der Waals surface area contributed by atoms with Crippen LogP contribution in [0.15, 0.2) is 65.7 Å². The van der Waals surface area contributed by atoms with E-state index in [1.54, 1.807) is 0 Å². The standard InChI is InChI=1S/C16H18N4O/c17-16(18)19-15(21)11-12-20(13-7-3-1-4-8-13)14-9-5-2-6-10-14/h1-10H,11-12H2,(H4,17,18,19,21). The first-order chi connectivity index (χ1) is 10.2. The lowest BCUT2D eigenvalue weighted by atomic mass is 10.2. The Kier molecular flexibility index (Phi) is 4.93. The molecule has 0 saturated heterocycles. The van der Waals surface area contributed by atoms with Crippen LogP contribution in [0.25, 0.3) is 0 Å². The molecule has 0 heterocycles. The summed E-state index contributed by atoms with van der Waals surface area (Å²) >= 11 is 0. The van der Waals surface area contributed by atoms with Gasteiger partial charge in [-0.2, -0.15) is 4.99 Å². The van der Waals surface area contributed by atoms with Gasteiger partial charge in [-0.15, -0.1) is 0 Å². The van der Waals surface area contributed by atoms with E-state index in [4.69, 9.17) is 11.5 Å². The van der Waals surface area contributed by atoms with Gasteiger partial charge in [-0.05, 0) is 24.3 Å². The molecule has 0 atom stereocenters. The van der Waals surface area contributed by atoms with Crippen LogP contribution in [0.2, 0.25) is 0 Å². The first kappa shape index (κ1) is 14.6. The van der Waals surface area contributed by atoms with Gasteiger partial charge in [0.25, 0.3) is 5.91 Å². The van der Waals surface area contributed by atoms with Gasteiger partial charge in [0.1, 0.15) is 0 Å². The Morgan fingerprint density at radius 1 is 0.905 bits per heavy atom. The predicted molar refractivity (Wildman–Crippen MR) is 85.3 cm³/mol. The van der Waals surface area contributed by atoms with Crippen LogP contribution in [0.3, 0.4) is 0 Å². The molecule has 0 radical (unpaired) electrons. The highest BCUT2D eigenvalue weighted by molar-refractivity contribution is 5.91. The van der Waals surface area contributed by atoms with Crippen LogP contribution in [0.1, 0.15) is 6.42 Å². The highest BCUT2D eigenvalue weighted by Crippen LogP contribution is 2.24. The summed E-state index contributed by atoms with van der Waals surface area (Å²) < 4.78 is 0. The third kappa shape index (κ3) is 4.35. The number of benzene rings is 2. The third-order valence-electron chi connectivity index (χ3n) is 2.94. The molecule has 0 aliphatic heterocycles. The van der Waals surface area contributed by atoms with Crippen molar-refractivity contribution in [2.75, 3.05) is 11.4 Å². The molecular weight excluding hydrogens is 264 g/mol. The van der Waals surface area contributed by atoms with Gasteiger partial charge in [0.2, 0.25) is 0 Å². The minimum absolute atomic E-state index is 0.203. The van der Waals surface area contributed by atoms with Gasteiger partial charge < -0.3 is 16.4 Å². The molecule has 0 saturated carbocycles. The summed E-state index contributed by atoms with van der Waals surface area (Å²) in [5.74, 6) is -0.530. The van der Waals surface area contributed by atoms with E-state index in [0.29, 0.717) is 6.54 Å². The fourth-order valence-electron chi connectivity index (χ4n) is 2.03. The van der Waals surface area contributed by atoms with Crippen molar-refractivity contribution in [1.82, 2.24) is 0 Å². The van der Waals surface area contributed by atoms with E-state index in [2.05, 4.69) is 9.89 Å². The Morgan fingerprint density at radius 2 is 1.38 bits per heavy atom. The zero-order valence-corrected chi connectivity index (χ0v) is 11.6. The summed E-state index contributed by atoms with van der Waals surface area (Å²) in [7, 11) is 0. The fourth-order valence-corrected chi connectivity index (χ4v) is 2.03. The van der Waals surface area contributed by atoms with Crippen molar-refractivity contribution in [3.05, 3.63) is 60.7 Å². The molecule has 21 heavy (non-hydrogen) atoms. The second-order valence-corrected chi connectivity index (χ2v) is 4.50. The van der Waals surface area contributed by atoms with Crippen molar-refractivity contribution in [2.24, 2.45) is 16.5 Å². The van der Waals surface area contributed by atoms with Gasteiger partial charge >= 0.3 is 0 Å². The number of carbonyl (C=O) groups is 1. The highest BCUT2D eigenvalue weighted by atomic mass is 16.1. The van der Waals surface area contributed by atoms with Crippen molar-refractivity contribution in [2.45, 2.75) is 6.42 Å². The molecule has 108 valence electrons. The van der Waals surface area contributed by atoms with Crippen molar-refractivity contribution >= 4 is 23.2 Å². The van der Waals surface area contributed by atoms with E-state index >= 15 is 0 Å². The van der Waals surface area contributed by atoms with Gasteiger partial charge in [-0.3, -0.25) is 4.79 Å². The lowest BCUT2D eigenvalue weighted by Crippen LogP contribution is -2.26. The Morgan fingerprint density at radius 3 is 1.81 bits per heavy atom. The highest BCUT2D eigenvalue weighted by Gasteiger charge is 2.10. The lowest BCUT2D eigenvalue weighted by Gasteiger charge is -2.24. The number of carbonyl (C=O) groups excluding carboxylic acids is 1. The monoisotopic (exact) mass is 282 g/mol. The van der Waals surface area contributed by atoms with Gasteiger partial charge in [0.05, 0.1) is 0 Å². The summed E-state index contributed by atoms with van der Waals surface area (Å²) in [4.78, 5) is 17.2. The molecule has 0 fully saturated rings. The topological polar surface area (TPSA) is 84.7 Å². The van der Waals surface area contributed by atoms with Gasteiger partial charge in [-0.1, -0.05) is 36.4 Å². The molecule has 2 aromatic rings. The van der Waals surface area contributed by atoms with Crippen LogP contribution in [0.4, 0.5) is 11.4 Å². The van der Waals surface area contributed by atoms with Crippen molar-refractivity contribution in [3.63, 3.8) is 0 Å². The number of guanidine groups is 1. The maximum absolute atomic E-state index is 11.6. The van der Waals surface area contributed by atoms with Crippen LogP contribution in [-0.4, -0.2) is 18.4 Å². The maximum atomic E-state index is 11.6. The number of hydrogen-bond donors (Lipinski definition) is 2. The summed E-state index contributed by atoms with van der Waals surface area (Å²) in [6.07, 6.45) is 0.238. The van der Waals surface area contributed by atoms with Gasteiger partial charge in [-0.25, -0.2) is 0 Å². The van der Waals surface area contributed by atoms with Crippen LogP contribution in [-0.2, 0) is 4.79 Å². The second kappa shape index (κ2) is 7.09. The molecular formula is C16H18N4O. The summed E-state index contributed by atoms with van der Waals surface area (Å²) in [5, 5.41) is 0. The molecule has 4 N–H and O–H groups in total. The number of nitrogens with zero attached hydrogens (tertiary/aromatic N) is 2. The van der Waals surface area contributed by atoms with Crippen LogP contribution in [0, 0.1) is 0 Å². The predicted octanol–water partition coefficient (Wildman–Crippen LogP) is 2.01. The quantitative estimate of drug-likeness (QED) is 0.649. The molecule has 0 aliphatic rings. The van der Waals surface area contributed by atoms with Crippen molar-refractivity contribution < 1.29 is 4.79 Å². The molecule has 1 amide bonds. The van der Waals surface area contributed by atoms with E-state index in [1.165, 1.54) is 0 Å². The normalized spacial score (nSPS) is 9.90. The molecule has 5 heteroatoms. The molecule has 0 aliphatic carbocycles. The number of anilines is 2. The minimum atomic E-state index is -0.327. The largest absolute Gasteiger partial charge is 0.370 e. The van der Waals surface area contributed by atoms with E-state index in [-0.39, 0.29) is 18.3 Å². The summed E-state index contributed by atoms with van der Waals surface area (Å²) in [6.45, 7) is 0.504. The first-order valence-electron chi connectivity index (χ1n) is 6.67. The summed E-state index contributed by atoms with van der Waals surface area (Å²) in [6, 6.07) is 19.7. The van der Waals surface area contributed by atoms with Gasteiger partial charge in [0.15, 0.2) is 5.96 Å². The zero-order valence-electron chi connectivity index (χ0n) is 11.6. The Labute approximate surface area is 123 Å². The van der Waals surface area contributed by atoms with E-state index in [0.717, 1.165) is 11.4 Å². The number of aliphatic imine (C=N–C) groups is 1. The average Bonchev–Trinajstić information content (AvgIpc) is 2.49. The van der Waals surface area contributed by atoms with E-state index in [9.17, 15) is 4.79 Å². The molecule has 0 bridgehead atoms. The van der Waals surface area contributed by atoms with Crippen LogP contribution in [0.5, 0.6) is 0 Å². The van der Waals surface area contributed by atoms with Crippen molar-refractivity contribution in [3.8, 4) is 0 Å². The lowest BCUT2D eigenvalue weighted by molar-refractivity contribution is -0.117. The smallest absolute Gasteiger partial charge is 0.250 e. The average molecular weight is 282 g/mol. The Hall–Kier alpha value is -2.82. The number of para-hydroxylation sites is 2. The Balaban J connectivity index is 2.18. The number of nitrogens with two attached hydrogens (primary N) is 2. The van der Waals surface area contributed by atoms with Crippen LogP contribution >= 0.6 is 0 Å².